The smallest absolute Gasteiger partial charge is 0.191 e. The van der Waals surface area contributed by atoms with Crippen LogP contribution in [0.25, 0.3) is 0 Å². The van der Waals surface area contributed by atoms with Crippen molar-refractivity contribution in [2.24, 2.45) is 4.99 Å². The first-order valence-corrected chi connectivity index (χ1v) is 10.2. The van der Waals surface area contributed by atoms with E-state index in [9.17, 15) is 0 Å². The van der Waals surface area contributed by atoms with Gasteiger partial charge in [0.1, 0.15) is 5.75 Å². The van der Waals surface area contributed by atoms with Gasteiger partial charge in [0.2, 0.25) is 0 Å². The van der Waals surface area contributed by atoms with Crippen LogP contribution in [0, 0.1) is 13.8 Å². The molecule has 1 aromatic heterocycles. The van der Waals surface area contributed by atoms with E-state index in [1.54, 1.807) is 7.11 Å². The number of rotatable bonds is 11. The molecule has 1 rings (SSSR count). The first-order chi connectivity index (χ1) is 13.0. The number of pyridine rings is 1. The van der Waals surface area contributed by atoms with Gasteiger partial charge in [0, 0.05) is 29.9 Å². The number of hydrogen-bond acceptors (Lipinski definition) is 4. The maximum atomic E-state index is 5.49. The highest BCUT2D eigenvalue weighted by atomic mass is 127. The van der Waals surface area contributed by atoms with Crippen LogP contribution in [0.1, 0.15) is 57.4 Å². The van der Waals surface area contributed by atoms with E-state index in [1.807, 2.05) is 20.0 Å². The first kappa shape index (κ1) is 26.9. The van der Waals surface area contributed by atoms with Gasteiger partial charge >= 0.3 is 0 Å². The summed E-state index contributed by atoms with van der Waals surface area (Å²) in [7, 11) is 1.70. The summed E-state index contributed by atoms with van der Waals surface area (Å²) < 4.78 is 5.49. The number of aryl methyl sites for hydroxylation is 1. The summed E-state index contributed by atoms with van der Waals surface area (Å²) in [6.45, 7) is 17.5. The molecule has 1 unspecified atom stereocenters. The lowest BCUT2D eigenvalue weighted by molar-refractivity contribution is 0.292. The molecule has 7 heteroatoms. The number of aromatic nitrogens is 1. The van der Waals surface area contributed by atoms with E-state index in [2.05, 4.69) is 48.2 Å². The number of ether oxygens (including phenoxy) is 1. The molecule has 0 aliphatic carbocycles. The molecule has 0 aliphatic heterocycles. The lowest BCUT2D eigenvalue weighted by Crippen LogP contribution is -2.42. The van der Waals surface area contributed by atoms with Crippen molar-refractivity contribution in [3.8, 4) is 5.75 Å². The molecular formula is C21H40IN5O. The monoisotopic (exact) mass is 505 g/mol. The summed E-state index contributed by atoms with van der Waals surface area (Å²) in [6.07, 6.45) is 4.16. The Bertz CT molecular complexity index is 590. The molecule has 0 fully saturated rings. The largest absolute Gasteiger partial charge is 0.496 e. The molecule has 0 radical (unpaired) electrons. The van der Waals surface area contributed by atoms with Gasteiger partial charge in [-0.25, -0.2) is 4.99 Å². The molecule has 0 bridgehead atoms. The molecule has 2 N–H and O–H groups in total. The Balaban J connectivity index is 0.00000729. The van der Waals surface area contributed by atoms with E-state index in [0.29, 0.717) is 12.6 Å². The molecule has 0 amide bonds. The Hall–Kier alpha value is -1.09. The van der Waals surface area contributed by atoms with Crippen LogP contribution in [-0.4, -0.2) is 55.2 Å². The van der Waals surface area contributed by atoms with Crippen LogP contribution in [0.4, 0.5) is 0 Å². The maximum absolute atomic E-state index is 5.49. The minimum absolute atomic E-state index is 0. The third kappa shape index (κ3) is 8.94. The van der Waals surface area contributed by atoms with Crippen molar-refractivity contribution in [2.75, 3.05) is 33.3 Å². The highest BCUT2D eigenvalue weighted by Crippen LogP contribution is 2.24. The lowest BCUT2D eigenvalue weighted by Gasteiger charge is -2.21. The zero-order valence-electron chi connectivity index (χ0n) is 18.8. The molecule has 0 aliphatic rings. The van der Waals surface area contributed by atoms with Gasteiger partial charge in [-0.2, -0.15) is 0 Å². The van der Waals surface area contributed by atoms with Gasteiger partial charge in [0.25, 0.3) is 0 Å². The van der Waals surface area contributed by atoms with Crippen LogP contribution in [0.5, 0.6) is 5.75 Å². The Morgan fingerprint density at radius 2 is 1.93 bits per heavy atom. The summed E-state index contributed by atoms with van der Waals surface area (Å²) in [5, 5.41) is 6.85. The van der Waals surface area contributed by atoms with Gasteiger partial charge in [-0.3, -0.25) is 4.98 Å². The Morgan fingerprint density at radius 3 is 2.50 bits per heavy atom. The van der Waals surface area contributed by atoms with Gasteiger partial charge in [-0.05, 0) is 60.2 Å². The van der Waals surface area contributed by atoms with E-state index in [1.165, 1.54) is 6.42 Å². The van der Waals surface area contributed by atoms with E-state index in [0.717, 1.165) is 61.1 Å². The van der Waals surface area contributed by atoms with Crippen LogP contribution in [0.2, 0.25) is 0 Å². The topological polar surface area (TPSA) is 61.8 Å². The first-order valence-electron chi connectivity index (χ1n) is 10.2. The van der Waals surface area contributed by atoms with Crippen molar-refractivity contribution in [3.05, 3.63) is 23.0 Å². The predicted molar refractivity (Wildman–Crippen MR) is 130 cm³/mol. The SMILES string of the molecule is CCNC(=NCc1ncc(C)c(OC)c1C)NC(C)CCCN(CC)CC.I. The normalized spacial score (nSPS) is 12.5. The molecule has 6 nitrogen and oxygen atoms in total. The van der Waals surface area contributed by atoms with Crippen molar-refractivity contribution in [1.29, 1.82) is 0 Å². The standard InChI is InChI=1S/C21H39N5O.HI/c1-8-22-21(25-17(5)12-11-13-26(9-2)10-3)24-15-19-18(6)20(27-7)16(4)14-23-19;/h14,17H,8-13,15H2,1-7H3,(H2,22,24,25);1H. The van der Waals surface area contributed by atoms with Crippen LogP contribution < -0.4 is 15.4 Å². The third-order valence-corrected chi connectivity index (χ3v) is 4.87. The second-order valence-corrected chi connectivity index (χ2v) is 6.96. The summed E-state index contributed by atoms with van der Waals surface area (Å²) in [4.78, 5) is 11.7. The summed E-state index contributed by atoms with van der Waals surface area (Å²) in [5.74, 6) is 1.74. The number of hydrogen-bond donors (Lipinski definition) is 2. The number of nitrogens with zero attached hydrogens (tertiary/aromatic N) is 3. The minimum Gasteiger partial charge on any atom is -0.496 e. The molecule has 0 spiro atoms. The molecule has 0 saturated carbocycles. The molecule has 1 atom stereocenters. The molecule has 0 aromatic carbocycles. The second-order valence-electron chi connectivity index (χ2n) is 6.96. The summed E-state index contributed by atoms with van der Waals surface area (Å²) in [5.41, 5.74) is 3.06. The van der Waals surface area contributed by atoms with Crippen molar-refractivity contribution < 1.29 is 4.74 Å². The molecule has 0 saturated heterocycles. The van der Waals surface area contributed by atoms with Gasteiger partial charge < -0.3 is 20.3 Å². The lowest BCUT2D eigenvalue weighted by atomic mass is 10.1. The zero-order chi connectivity index (χ0) is 20.2. The summed E-state index contributed by atoms with van der Waals surface area (Å²) in [6, 6.07) is 0.375. The third-order valence-electron chi connectivity index (χ3n) is 4.87. The van der Waals surface area contributed by atoms with Crippen LogP contribution in [0.3, 0.4) is 0 Å². The zero-order valence-corrected chi connectivity index (χ0v) is 21.1. The van der Waals surface area contributed by atoms with Gasteiger partial charge in [0.15, 0.2) is 5.96 Å². The highest BCUT2D eigenvalue weighted by Gasteiger charge is 2.10. The second kappa shape index (κ2) is 14.8. The Labute approximate surface area is 189 Å². The van der Waals surface area contributed by atoms with E-state index < -0.39 is 0 Å². The highest BCUT2D eigenvalue weighted by molar-refractivity contribution is 14.0. The Kier molecular flexibility index (Phi) is 14.3. The van der Waals surface area contributed by atoms with Crippen molar-refractivity contribution in [3.63, 3.8) is 0 Å². The van der Waals surface area contributed by atoms with Crippen molar-refractivity contribution in [1.82, 2.24) is 20.5 Å². The van der Waals surface area contributed by atoms with Crippen LogP contribution in [-0.2, 0) is 6.54 Å². The molecule has 1 heterocycles. The van der Waals surface area contributed by atoms with Crippen LogP contribution in [0.15, 0.2) is 11.2 Å². The maximum Gasteiger partial charge on any atom is 0.191 e. The van der Waals surface area contributed by atoms with Crippen molar-refractivity contribution in [2.45, 2.75) is 67.0 Å². The van der Waals surface area contributed by atoms with Gasteiger partial charge in [0.05, 0.1) is 19.3 Å². The van der Waals surface area contributed by atoms with E-state index >= 15 is 0 Å². The fraction of sp³-hybridized carbons (Fsp3) is 0.714. The number of aliphatic imine (C=N–C) groups is 1. The Morgan fingerprint density at radius 1 is 1.25 bits per heavy atom. The molecule has 1 aromatic rings. The average Bonchev–Trinajstić information content (AvgIpc) is 2.65. The molecule has 162 valence electrons. The van der Waals surface area contributed by atoms with Gasteiger partial charge in [-0.1, -0.05) is 13.8 Å². The van der Waals surface area contributed by atoms with Crippen LogP contribution >= 0.6 is 24.0 Å². The molecular weight excluding hydrogens is 465 g/mol. The fourth-order valence-corrected chi connectivity index (χ4v) is 3.17. The van der Waals surface area contributed by atoms with Gasteiger partial charge in [-0.15, -0.1) is 24.0 Å². The van der Waals surface area contributed by atoms with Crippen molar-refractivity contribution >= 4 is 29.9 Å². The number of nitrogens with one attached hydrogen (secondary N) is 2. The quantitative estimate of drug-likeness (QED) is 0.272. The predicted octanol–water partition coefficient (Wildman–Crippen LogP) is 3.89. The average molecular weight is 505 g/mol. The molecule has 28 heavy (non-hydrogen) atoms. The minimum atomic E-state index is 0. The van der Waals surface area contributed by atoms with E-state index in [4.69, 9.17) is 9.73 Å². The van der Waals surface area contributed by atoms with E-state index in [-0.39, 0.29) is 24.0 Å². The fourth-order valence-electron chi connectivity index (χ4n) is 3.17. The number of guanidine groups is 1. The number of halogens is 1. The number of methoxy groups -OCH3 is 1. The summed E-state index contributed by atoms with van der Waals surface area (Å²) >= 11 is 0.